The van der Waals surface area contributed by atoms with Crippen molar-refractivity contribution in [1.82, 2.24) is 0 Å². The van der Waals surface area contributed by atoms with E-state index >= 15 is 0 Å². The molecule has 0 fully saturated rings. The standard InChI is InChI=1S/C12H16F3NO3/c1-18-7-3-4-8(10(5-7)19-2)9(17)6-11(16)12(13,14)15/h3-5,9,11,17H,6,16H2,1-2H3/t9-,11+/m0/s1. The molecule has 0 aromatic heterocycles. The van der Waals surface area contributed by atoms with Crippen LogP contribution >= 0.6 is 0 Å². The average molecular weight is 279 g/mol. The Morgan fingerprint density at radius 1 is 1.26 bits per heavy atom. The summed E-state index contributed by atoms with van der Waals surface area (Å²) >= 11 is 0. The summed E-state index contributed by atoms with van der Waals surface area (Å²) in [4.78, 5) is 0. The molecule has 108 valence electrons. The van der Waals surface area contributed by atoms with Gasteiger partial charge in [-0.3, -0.25) is 0 Å². The van der Waals surface area contributed by atoms with E-state index in [9.17, 15) is 18.3 Å². The summed E-state index contributed by atoms with van der Waals surface area (Å²) in [6.07, 6.45) is -6.54. The highest BCUT2D eigenvalue weighted by Crippen LogP contribution is 2.33. The van der Waals surface area contributed by atoms with Crippen LogP contribution in [0.1, 0.15) is 18.1 Å². The predicted octanol–water partition coefficient (Wildman–Crippen LogP) is 2.02. The number of ether oxygens (including phenoxy) is 2. The Balaban J connectivity index is 2.90. The SMILES string of the molecule is COc1ccc([C@@H](O)C[C@@H](N)C(F)(F)F)c(OC)c1. The lowest BCUT2D eigenvalue weighted by Crippen LogP contribution is -2.38. The van der Waals surface area contributed by atoms with Gasteiger partial charge < -0.3 is 20.3 Å². The van der Waals surface area contributed by atoms with Crippen molar-refractivity contribution in [2.24, 2.45) is 5.73 Å². The number of hydrogen-bond acceptors (Lipinski definition) is 4. The van der Waals surface area contributed by atoms with Gasteiger partial charge >= 0.3 is 6.18 Å². The monoisotopic (exact) mass is 279 g/mol. The highest BCUT2D eigenvalue weighted by atomic mass is 19.4. The highest BCUT2D eigenvalue weighted by Gasteiger charge is 2.38. The molecule has 0 heterocycles. The van der Waals surface area contributed by atoms with Crippen LogP contribution in [0.15, 0.2) is 18.2 Å². The average Bonchev–Trinajstić information content (AvgIpc) is 2.36. The number of methoxy groups -OCH3 is 2. The molecule has 0 radical (unpaired) electrons. The fourth-order valence-electron chi connectivity index (χ4n) is 1.59. The van der Waals surface area contributed by atoms with Gasteiger partial charge in [-0.25, -0.2) is 0 Å². The molecule has 2 atom stereocenters. The molecule has 4 nitrogen and oxygen atoms in total. The van der Waals surface area contributed by atoms with E-state index in [0.717, 1.165) is 0 Å². The predicted molar refractivity (Wildman–Crippen MR) is 63.2 cm³/mol. The minimum Gasteiger partial charge on any atom is -0.497 e. The van der Waals surface area contributed by atoms with E-state index in [1.54, 1.807) is 0 Å². The van der Waals surface area contributed by atoms with Gasteiger partial charge in [0.05, 0.1) is 20.3 Å². The summed E-state index contributed by atoms with van der Waals surface area (Å²) < 4.78 is 47.0. The van der Waals surface area contributed by atoms with Gasteiger partial charge in [-0.15, -0.1) is 0 Å². The maximum absolute atomic E-state index is 12.3. The first-order valence-electron chi connectivity index (χ1n) is 5.52. The second-order valence-corrected chi connectivity index (χ2v) is 4.01. The largest absolute Gasteiger partial charge is 0.497 e. The van der Waals surface area contributed by atoms with Gasteiger partial charge in [0, 0.05) is 18.1 Å². The molecular weight excluding hydrogens is 263 g/mol. The van der Waals surface area contributed by atoms with E-state index in [4.69, 9.17) is 15.2 Å². The number of halogens is 3. The maximum Gasteiger partial charge on any atom is 0.403 e. The Kier molecular flexibility index (Phi) is 5.02. The normalized spacial score (nSPS) is 14.9. The molecule has 1 rings (SSSR count). The number of benzene rings is 1. The van der Waals surface area contributed by atoms with E-state index < -0.39 is 24.7 Å². The van der Waals surface area contributed by atoms with Gasteiger partial charge in [0.25, 0.3) is 0 Å². The second kappa shape index (κ2) is 6.12. The smallest absolute Gasteiger partial charge is 0.403 e. The van der Waals surface area contributed by atoms with Crippen molar-refractivity contribution in [2.45, 2.75) is 24.7 Å². The third-order valence-corrected chi connectivity index (χ3v) is 2.70. The molecule has 0 saturated carbocycles. The summed E-state index contributed by atoms with van der Waals surface area (Å²) in [5.74, 6) is 0.731. The van der Waals surface area contributed by atoms with Crippen LogP contribution < -0.4 is 15.2 Å². The van der Waals surface area contributed by atoms with Gasteiger partial charge in [-0.2, -0.15) is 13.2 Å². The van der Waals surface area contributed by atoms with Crippen LogP contribution in [0.5, 0.6) is 11.5 Å². The van der Waals surface area contributed by atoms with Gasteiger partial charge in [0.1, 0.15) is 17.5 Å². The number of alkyl halides is 3. The highest BCUT2D eigenvalue weighted by molar-refractivity contribution is 5.42. The number of hydrogen-bond donors (Lipinski definition) is 2. The molecule has 1 aromatic carbocycles. The Labute approximate surface area is 108 Å². The van der Waals surface area contributed by atoms with Crippen molar-refractivity contribution >= 4 is 0 Å². The summed E-state index contributed by atoms with van der Waals surface area (Å²) in [6.45, 7) is 0. The molecule has 19 heavy (non-hydrogen) atoms. The summed E-state index contributed by atoms with van der Waals surface area (Å²) in [7, 11) is 2.80. The summed E-state index contributed by atoms with van der Waals surface area (Å²) in [5.41, 5.74) is 5.22. The topological polar surface area (TPSA) is 64.7 Å². The van der Waals surface area contributed by atoms with Crippen molar-refractivity contribution in [3.63, 3.8) is 0 Å². The fraction of sp³-hybridized carbons (Fsp3) is 0.500. The van der Waals surface area contributed by atoms with E-state index in [1.807, 2.05) is 0 Å². The first-order chi connectivity index (χ1) is 8.79. The Morgan fingerprint density at radius 3 is 2.37 bits per heavy atom. The molecular formula is C12H16F3NO3. The molecule has 0 aliphatic heterocycles. The van der Waals surface area contributed by atoms with Gasteiger partial charge in [0.15, 0.2) is 0 Å². The Hall–Kier alpha value is -1.47. The van der Waals surface area contributed by atoms with E-state index in [1.165, 1.54) is 32.4 Å². The fourth-order valence-corrected chi connectivity index (χ4v) is 1.59. The lowest BCUT2D eigenvalue weighted by Gasteiger charge is -2.21. The summed E-state index contributed by atoms with van der Waals surface area (Å²) in [6, 6.07) is 2.37. The number of nitrogens with two attached hydrogens (primary N) is 1. The zero-order valence-electron chi connectivity index (χ0n) is 10.6. The third-order valence-electron chi connectivity index (χ3n) is 2.70. The molecule has 0 bridgehead atoms. The first-order valence-corrected chi connectivity index (χ1v) is 5.52. The number of aliphatic hydroxyl groups is 1. The van der Waals surface area contributed by atoms with Crippen LogP contribution in [0.3, 0.4) is 0 Å². The molecule has 3 N–H and O–H groups in total. The lowest BCUT2D eigenvalue weighted by atomic mass is 10.0. The van der Waals surface area contributed by atoms with Gasteiger partial charge in [-0.1, -0.05) is 0 Å². The van der Waals surface area contributed by atoms with E-state index in [2.05, 4.69) is 0 Å². The zero-order chi connectivity index (χ0) is 14.6. The number of aliphatic hydroxyl groups excluding tert-OH is 1. The van der Waals surface area contributed by atoms with Gasteiger partial charge in [-0.05, 0) is 12.1 Å². The molecule has 0 amide bonds. The molecule has 0 spiro atoms. The minimum atomic E-state index is -4.54. The molecule has 0 aliphatic carbocycles. The number of rotatable bonds is 5. The molecule has 7 heteroatoms. The van der Waals surface area contributed by atoms with Crippen molar-refractivity contribution in [1.29, 1.82) is 0 Å². The van der Waals surface area contributed by atoms with E-state index in [-0.39, 0.29) is 11.3 Å². The molecule has 0 saturated heterocycles. The maximum atomic E-state index is 12.3. The van der Waals surface area contributed by atoms with Crippen molar-refractivity contribution < 1.29 is 27.8 Å². The van der Waals surface area contributed by atoms with Crippen molar-refractivity contribution in [3.05, 3.63) is 23.8 Å². The minimum absolute atomic E-state index is 0.239. The van der Waals surface area contributed by atoms with Gasteiger partial charge in [0.2, 0.25) is 0 Å². The first kappa shape index (κ1) is 15.6. The van der Waals surface area contributed by atoms with Crippen LogP contribution in [-0.4, -0.2) is 31.5 Å². The zero-order valence-corrected chi connectivity index (χ0v) is 10.6. The van der Waals surface area contributed by atoms with Crippen LogP contribution in [-0.2, 0) is 0 Å². The lowest BCUT2D eigenvalue weighted by molar-refractivity contribution is -0.153. The van der Waals surface area contributed by atoms with Crippen LogP contribution in [0.25, 0.3) is 0 Å². The second-order valence-electron chi connectivity index (χ2n) is 4.01. The van der Waals surface area contributed by atoms with Crippen LogP contribution in [0.4, 0.5) is 13.2 Å². The Bertz CT molecular complexity index is 423. The van der Waals surface area contributed by atoms with E-state index in [0.29, 0.717) is 5.75 Å². The van der Waals surface area contributed by atoms with Crippen molar-refractivity contribution in [2.75, 3.05) is 14.2 Å². The van der Waals surface area contributed by atoms with Crippen LogP contribution in [0, 0.1) is 0 Å². The van der Waals surface area contributed by atoms with Crippen molar-refractivity contribution in [3.8, 4) is 11.5 Å². The van der Waals surface area contributed by atoms with Crippen LogP contribution in [0.2, 0.25) is 0 Å². The quantitative estimate of drug-likeness (QED) is 0.865. The Morgan fingerprint density at radius 2 is 1.89 bits per heavy atom. The summed E-state index contributed by atoms with van der Waals surface area (Å²) in [5, 5.41) is 9.83. The molecule has 0 aliphatic rings. The third kappa shape index (κ3) is 4.00. The molecule has 1 aromatic rings. The molecule has 0 unspecified atom stereocenters.